The van der Waals surface area contributed by atoms with Crippen LogP contribution < -0.4 is 5.32 Å². The summed E-state index contributed by atoms with van der Waals surface area (Å²) in [5.74, 6) is 0.225. The van der Waals surface area contributed by atoms with E-state index in [1.165, 1.54) is 19.3 Å². The Morgan fingerprint density at radius 1 is 1.10 bits per heavy atom. The van der Waals surface area contributed by atoms with Gasteiger partial charge >= 0.3 is 0 Å². The lowest BCUT2D eigenvalue weighted by molar-refractivity contribution is -0.163. The van der Waals surface area contributed by atoms with Gasteiger partial charge in [-0.2, -0.15) is 0 Å². The second kappa shape index (κ2) is 6.80. The number of rotatable bonds is 5. The number of amides is 2. The first-order valence-electron chi connectivity index (χ1n) is 8.74. The number of carbonyl (C=O) groups excluding carboxylic acids is 2. The van der Waals surface area contributed by atoms with Crippen molar-refractivity contribution in [3.05, 3.63) is 0 Å². The molecular formula is C17H30N2O2. The Kier molecular flexibility index (Phi) is 5.28. The minimum atomic E-state index is -0.622. The molecule has 1 aliphatic heterocycles. The molecule has 0 bridgehead atoms. The molecule has 120 valence electrons. The van der Waals surface area contributed by atoms with Crippen molar-refractivity contribution in [1.82, 2.24) is 10.2 Å². The summed E-state index contributed by atoms with van der Waals surface area (Å²) in [4.78, 5) is 27.8. The zero-order valence-electron chi connectivity index (χ0n) is 13.8. The molecule has 21 heavy (non-hydrogen) atoms. The monoisotopic (exact) mass is 294 g/mol. The van der Waals surface area contributed by atoms with Crippen molar-refractivity contribution >= 4 is 11.8 Å². The Bertz CT molecular complexity index is 384. The number of nitrogens with zero attached hydrogens (tertiary/aromatic N) is 1. The van der Waals surface area contributed by atoms with E-state index in [0.29, 0.717) is 12.8 Å². The van der Waals surface area contributed by atoms with Gasteiger partial charge in [0.05, 0.1) is 0 Å². The van der Waals surface area contributed by atoms with Crippen LogP contribution in [0.1, 0.15) is 78.6 Å². The lowest BCUT2D eigenvalue weighted by Gasteiger charge is -2.52. The molecule has 4 heteroatoms. The first-order valence-corrected chi connectivity index (χ1v) is 8.74. The fraction of sp³-hybridized carbons (Fsp3) is 0.882. The fourth-order valence-corrected chi connectivity index (χ4v) is 4.11. The second-order valence-electron chi connectivity index (χ2n) is 6.55. The maximum Gasteiger partial charge on any atom is 0.246 e. The van der Waals surface area contributed by atoms with Gasteiger partial charge in [0, 0.05) is 6.04 Å². The molecule has 0 aromatic rings. The molecule has 2 rings (SSSR count). The molecular weight excluding hydrogens is 264 g/mol. The van der Waals surface area contributed by atoms with Gasteiger partial charge in [-0.05, 0) is 32.1 Å². The van der Waals surface area contributed by atoms with Crippen LogP contribution in [0.15, 0.2) is 0 Å². The van der Waals surface area contributed by atoms with Crippen molar-refractivity contribution < 1.29 is 9.59 Å². The van der Waals surface area contributed by atoms with E-state index in [-0.39, 0.29) is 23.9 Å². The van der Waals surface area contributed by atoms with Gasteiger partial charge in [-0.15, -0.1) is 0 Å². The SMILES string of the molecule is CCCC1NC(=O)C(CC)(CC)N(C2CCCCC2)C1=O. The van der Waals surface area contributed by atoms with Crippen molar-refractivity contribution in [2.45, 2.75) is 96.2 Å². The van der Waals surface area contributed by atoms with Crippen LogP contribution in [0.25, 0.3) is 0 Å². The third-order valence-corrected chi connectivity index (χ3v) is 5.41. The van der Waals surface area contributed by atoms with Gasteiger partial charge in [0.25, 0.3) is 0 Å². The average Bonchev–Trinajstić information content (AvgIpc) is 2.51. The van der Waals surface area contributed by atoms with E-state index in [4.69, 9.17) is 0 Å². The molecule has 1 saturated heterocycles. The van der Waals surface area contributed by atoms with Crippen molar-refractivity contribution in [1.29, 1.82) is 0 Å². The highest BCUT2D eigenvalue weighted by Crippen LogP contribution is 2.36. The highest BCUT2D eigenvalue weighted by Gasteiger charge is 2.52. The van der Waals surface area contributed by atoms with Crippen molar-refractivity contribution in [2.24, 2.45) is 0 Å². The van der Waals surface area contributed by atoms with E-state index in [2.05, 4.69) is 12.2 Å². The largest absolute Gasteiger partial charge is 0.342 e. The average molecular weight is 294 g/mol. The van der Waals surface area contributed by atoms with Crippen LogP contribution in [0.2, 0.25) is 0 Å². The maximum atomic E-state index is 13.0. The summed E-state index contributed by atoms with van der Waals surface area (Å²) in [7, 11) is 0. The van der Waals surface area contributed by atoms with Gasteiger partial charge < -0.3 is 10.2 Å². The Balaban J connectivity index is 2.34. The minimum Gasteiger partial charge on any atom is -0.342 e. The highest BCUT2D eigenvalue weighted by atomic mass is 16.2. The van der Waals surface area contributed by atoms with Gasteiger partial charge in [0.1, 0.15) is 11.6 Å². The smallest absolute Gasteiger partial charge is 0.246 e. The third-order valence-electron chi connectivity index (χ3n) is 5.41. The fourth-order valence-electron chi connectivity index (χ4n) is 4.11. The zero-order valence-corrected chi connectivity index (χ0v) is 13.8. The maximum absolute atomic E-state index is 13.0. The van der Waals surface area contributed by atoms with Gasteiger partial charge in [0.2, 0.25) is 11.8 Å². The van der Waals surface area contributed by atoms with E-state index in [0.717, 1.165) is 25.7 Å². The first kappa shape index (κ1) is 16.3. The standard InChI is InChI=1S/C17H30N2O2/c1-4-10-14-15(20)19(13-11-8-7-9-12-13)17(5-2,6-3)16(21)18-14/h13-14H,4-12H2,1-3H3,(H,18,21). The Hall–Kier alpha value is -1.06. The summed E-state index contributed by atoms with van der Waals surface area (Å²) in [6, 6.07) is -0.0489. The predicted octanol–water partition coefficient (Wildman–Crippen LogP) is 3.01. The number of nitrogens with one attached hydrogen (secondary N) is 1. The van der Waals surface area contributed by atoms with Crippen molar-refractivity contribution in [3.8, 4) is 0 Å². The van der Waals surface area contributed by atoms with E-state index in [1.54, 1.807) is 0 Å². The van der Waals surface area contributed by atoms with Crippen LogP contribution in [0.5, 0.6) is 0 Å². The molecule has 1 atom stereocenters. The second-order valence-corrected chi connectivity index (χ2v) is 6.55. The van der Waals surface area contributed by atoms with E-state index in [1.807, 2.05) is 18.7 Å². The number of piperazine rings is 1. The highest BCUT2D eigenvalue weighted by molar-refractivity contribution is 6.00. The molecule has 1 unspecified atom stereocenters. The summed E-state index contributed by atoms with van der Waals surface area (Å²) in [6.07, 6.45) is 8.80. The van der Waals surface area contributed by atoms with Crippen LogP contribution in [0, 0.1) is 0 Å². The Morgan fingerprint density at radius 3 is 2.24 bits per heavy atom. The molecule has 1 heterocycles. The molecule has 1 saturated carbocycles. The molecule has 2 amide bonds. The topological polar surface area (TPSA) is 49.4 Å². The first-order chi connectivity index (χ1) is 10.1. The van der Waals surface area contributed by atoms with Crippen molar-refractivity contribution in [3.63, 3.8) is 0 Å². The van der Waals surface area contributed by atoms with Crippen molar-refractivity contribution in [2.75, 3.05) is 0 Å². The molecule has 2 fully saturated rings. The quantitative estimate of drug-likeness (QED) is 0.847. The number of hydrogen-bond donors (Lipinski definition) is 1. The molecule has 0 spiro atoms. The van der Waals surface area contributed by atoms with Crippen LogP contribution in [0.4, 0.5) is 0 Å². The van der Waals surface area contributed by atoms with Gasteiger partial charge in [-0.3, -0.25) is 9.59 Å². The summed E-state index contributed by atoms with van der Waals surface area (Å²) in [6.45, 7) is 6.13. The lowest BCUT2D eigenvalue weighted by atomic mass is 9.81. The van der Waals surface area contributed by atoms with Crippen LogP contribution in [-0.4, -0.2) is 34.3 Å². The summed E-state index contributed by atoms with van der Waals surface area (Å²) in [5.41, 5.74) is -0.622. The van der Waals surface area contributed by atoms with Gasteiger partial charge in [-0.1, -0.05) is 46.5 Å². The van der Waals surface area contributed by atoms with Crippen LogP contribution in [0.3, 0.4) is 0 Å². The zero-order chi connectivity index (χ0) is 15.5. The number of carbonyl (C=O) groups is 2. The lowest BCUT2D eigenvalue weighted by Crippen LogP contribution is -2.72. The molecule has 1 aliphatic carbocycles. The molecule has 2 aliphatic rings. The molecule has 0 radical (unpaired) electrons. The summed E-state index contributed by atoms with van der Waals surface area (Å²) >= 11 is 0. The third kappa shape index (κ3) is 2.82. The van der Waals surface area contributed by atoms with Crippen LogP contribution in [-0.2, 0) is 9.59 Å². The van der Waals surface area contributed by atoms with Gasteiger partial charge in [0.15, 0.2) is 0 Å². The molecule has 0 aromatic carbocycles. The van der Waals surface area contributed by atoms with Gasteiger partial charge in [-0.25, -0.2) is 0 Å². The van der Waals surface area contributed by atoms with E-state index in [9.17, 15) is 9.59 Å². The Labute approximate surface area is 128 Å². The normalized spacial score (nSPS) is 26.8. The van der Waals surface area contributed by atoms with Crippen LogP contribution >= 0.6 is 0 Å². The Morgan fingerprint density at radius 2 is 1.71 bits per heavy atom. The number of hydrogen-bond acceptors (Lipinski definition) is 2. The predicted molar refractivity (Wildman–Crippen MR) is 83.9 cm³/mol. The molecule has 1 N–H and O–H groups in total. The summed E-state index contributed by atoms with van der Waals surface area (Å²) in [5, 5.41) is 3.00. The molecule has 4 nitrogen and oxygen atoms in total. The molecule has 0 aromatic heterocycles. The minimum absolute atomic E-state index is 0.0659. The van der Waals surface area contributed by atoms with E-state index < -0.39 is 5.54 Å². The summed E-state index contributed by atoms with van der Waals surface area (Å²) < 4.78 is 0. The van der Waals surface area contributed by atoms with E-state index >= 15 is 0 Å².